The molecule has 0 saturated carbocycles. The Bertz CT molecular complexity index is 1170. The maximum absolute atomic E-state index is 12.8. The van der Waals surface area contributed by atoms with Crippen LogP contribution in [0.5, 0.6) is 5.75 Å². The molecule has 1 N–H and O–H groups in total. The second-order valence-corrected chi connectivity index (χ2v) is 8.30. The number of hydrogen-bond acceptors (Lipinski definition) is 6. The molecule has 0 aliphatic rings. The van der Waals surface area contributed by atoms with Crippen molar-refractivity contribution in [1.82, 2.24) is 4.98 Å². The Morgan fingerprint density at radius 2 is 1.85 bits per heavy atom. The molecule has 3 rings (SSSR count). The number of hydrogen-bond donors (Lipinski definition) is 1. The lowest BCUT2D eigenvalue weighted by atomic mass is 10.1. The van der Waals surface area contributed by atoms with Crippen LogP contribution in [0.3, 0.4) is 0 Å². The fourth-order valence-corrected chi connectivity index (χ4v) is 3.88. The van der Waals surface area contributed by atoms with E-state index in [1.54, 1.807) is 32.9 Å². The summed E-state index contributed by atoms with van der Waals surface area (Å²) in [4.78, 5) is 21.4. The molecular weight excluding hydrogens is 457 g/mol. The Labute approximate surface area is 192 Å². The molecule has 6 nitrogen and oxygen atoms in total. The van der Waals surface area contributed by atoms with Gasteiger partial charge in [-0.25, -0.2) is 9.78 Å². The van der Waals surface area contributed by atoms with Gasteiger partial charge >= 0.3 is 12.1 Å². The second-order valence-electron chi connectivity index (χ2n) is 7.22. The molecular formula is C23H21F3N2O4S. The summed E-state index contributed by atoms with van der Waals surface area (Å²) in [7, 11) is 0. The zero-order valence-corrected chi connectivity index (χ0v) is 18.9. The minimum atomic E-state index is -4.38. The molecule has 0 saturated heterocycles. The number of carboxylic acid groups (broad SMARTS) is 1. The molecule has 0 bridgehead atoms. The van der Waals surface area contributed by atoms with Gasteiger partial charge in [0.2, 0.25) is 0 Å². The molecule has 2 aromatic carbocycles. The van der Waals surface area contributed by atoms with Gasteiger partial charge in [0.05, 0.1) is 21.8 Å². The Morgan fingerprint density at radius 3 is 2.45 bits per heavy atom. The van der Waals surface area contributed by atoms with E-state index in [4.69, 9.17) is 14.7 Å². The van der Waals surface area contributed by atoms with E-state index < -0.39 is 24.3 Å². The number of carbonyl (C=O) groups is 1. The Balaban J connectivity index is 1.65. The van der Waals surface area contributed by atoms with Gasteiger partial charge in [0.25, 0.3) is 0 Å². The Kier molecular flexibility index (Phi) is 7.37. The standard InChI is InChI=1S/C23H21F3N2O4S/c1-13-10-17(6-9-19(13)31-12-21(29)30)14(2)28-32-11-20-15(3)27-22(33-20)16-4-7-18(8-5-16)23(24,25)26/h4-10H,11-12H2,1-3H3,(H,29,30)/b28-14+. The van der Waals surface area contributed by atoms with Crippen molar-refractivity contribution in [3.05, 3.63) is 69.7 Å². The third-order valence-corrected chi connectivity index (χ3v) is 5.87. The predicted molar refractivity (Wildman–Crippen MR) is 119 cm³/mol. The van der Waals surface area contributed by atoms with Gasteiger partial charge in [0.15, 0.2) is 13.2 Å². The number of nitrogens with zero attached hydrogens (tertiary/aromatic N) is 2. The molecule has 0 atom stereocenters. The van der Waals surface area contributed by atoms with E-state index in [0.29, 0.717) is 22.0 Å². The van der Waals surface area contributed by atoms with Gasteiger partial charge < -0.3 is 14.7 Å². The number of aromatic nitrogens is 1. The normalized spacial score (nSPS) is 12.0. The highest BCUT2D eigenvalue weighted by molar-refractivity contribution is 7.15. The number of halogens is 3. The monoisotopic (exact) mass is 478 g/mol. The summed E-state index contributed by atoms with van der Waals surface area (Å²) in [5.41, 5.74) is 2.79. The van der Waals surface area contributed by atoms with Gasteiger partial charge in [0, 0.05) is 5.56 Å². The summed E-state index contributed by atoms with van der Waals surface area (Å²) in [6.07, 6.45) is -4.38. The summed E-state index contributed by atoms with van der Waals surface area (Å²) < 4.78 is 43.5. The van der Waals surface area contributed by atoms with Crippen LogP contribution in [-0.2, 0) is 22.4 Å². The van der Waals surface area contributed by atoms with Crippen LogP contribution in [0, 0.1) is 13.8 Å². The van der Waals surface area contributed by atoms with E-state index in [1.165, 1.54) is 23.5 Å². The average molecular weight is 478 g/mol. The van der Waals surface area contributed by atoms with Crippen LogP contribution in [0.4, 0.5) is 13.2 Å². The first-order valence-electron chi connectivity index (χ1n) is 9.80. The van der Waals surface area contributed by atoms with Crippen molar-refractivity contribution in [1.29, 1.82) is 0 Å². The molecule has 0 spiro atoms. The minimum Gasteiger partial charge on any atom is -0.482 e. The maximum Gasteiger partial charge on any atom is 0.416 e. The summed E-state index contributed by atoms with van der Waals surface area (Å²) in [6.45, 7) is 5.13. The van der Waals surface area contributed by atoms with E-state index in [0.717, 1.165) is 33.8 Å². The molecule has 1 aromatic heterocycles. The quantitative estimate of drug-likeness (QED) is 0.325. The third kappa shape index (κ3) is 6.32. The number of thiazole rings is 1. The van der Waals surface area contributed by atoms with Crippen molar-refractivity contribution in [3.63, 3.8) is 0 Å². The van der Waals surface area contributed by atoms with Crippen LogP contribution in [0.25, 0.3) is 10.6 Å². The SMILES string of the molecule is C/C(=N\OCc1sc(-c2ccc(C(F)(F)F)cc2)nc1C)c1ccc(OCC(=O)O)c(C)c1. The van der Waals surface area contributed by atoms with Crippen LogP contribution in [0.2, 0.25) is 0 Å². The van der Waals surface area contributed by atoms with E-state index in [-0.39, 0.29) is 6.61 Å². The molecule has 0 aliphatic carbocycles. The van der Waals surface area contributed by atoms with E-state index in [2.05, 4.69) is 10.1 Å². The number of rotatable bonds is 8. The Morgan fingerprint density at radius 1 is 1.15 bits per heavy atom. The van der Waals surface area contributed by atoms with Crippen LogP contribution in [0.15, 0.2) is 47.6 Å². The van der Waals surface area contributed by atoms with Gasteiger partial charge in [-0.3, -0.25) is 0 Å². The molecule has 1 heterocycles. The molecule has 10 heteroatoms. The summed E-state index contributed by atoms with van der Waals surface area (Å²) in [5, 5.41) is 13.5. The fourth-order valence-electron chi connectivity index (χ4n) is 2.90. The lowest BCUT2D eigenvalue weighted by Gasteiger charge is -2.09. The number of ether oxygens (including phenoxy) is 1. The number of benzene rings is 2. The molecule has 0 radical (unpaired) electrons. The zero-order chi connectivity index (χ0) is 24.2. The first-order chi connectivity index (χ1) is 15.5. The van der Waals surface area contributed by atoms with Crippen molar-refractivity contribution in [2.24, 2.45) is 5.16 Å². The third-order valence-electron chi connectivity index (χ3n) is 4.69. The largest absolute Gasteiger partial charge is 0.482 e. The van der Waals surface area contributed by atoms with Crippen molar-refractivity contribution >= 4 is 23.0 Å². The van der Waals surface area contributed by atoms with Crippen molar-refractivity contribution in [2.75, 3.05) is 6.61 Å². The van der Waals surface area contributed by atoms with Gasteiger partial charge in [-0.2, -0.15) is 13.2 Å². The van der Waals surface area contributed by atoms with Gasteiger partial charge in [-0.15, -0.1) is 11.3 Å². The number of aliphatic carboxylic acids is 1. The van der Waals surface area contributed by atoms with Crippen LogP contribution < -0.4 is 4.74 Å². The van der Waals surface area contributed by atoms with E-state index in [9.17, 15) is 18.0 Å². The number of oxime groups is 1. The number of alkyl halides is 3. The lowest BCUT2D eigenvalue weighted by Crippen LogP contribution is -2.10. The first kappa shape index (κ1) is 24.2. The predicted octanol–water partition coefficient (Wildman–Crippen LogP) is 5.85. The van der Waals surface area contributed by atoms with Crippen LogP contribution >= 0.6 is 11.3 Å². The highest BCUT2D eigenvalue weighted by atomic mass is 32.1. The van der Waals surface area contributed by atoms with Crippen molar-refractivity contribution < 1.29 is 32.6 Å². The molecule has 33 heavy (non-hydrogen) atoms. The minimum absolute atomic E-state index is 0.167. The summed E-state index contributed by atoms with van der Waals surface area (Å²) in [5.74, 6) is -0.574. The van der Waals surface area contributed by atoms with E-state index >= 15 is 0 Å². The molecule has 0 aliphatic heterocycles. The zero-order valence-electron chi connectivity index (χ0n) is 18.1. The Hall–Kier alpha value is -3.40. The van der Waals surface area contributed by atoms with E-state index in [1.807, 2.05) is 6.07 Å². The van der Waals surface area contributed by atoms with Crippen molar-refractivity contribution in [3.8, 4) is 16.3 Å². The van der Waals surface area contributed by atoms with Gasteiger partial charge in [0.1, 0.15) is 10.8 Å². The molecule has 174 valence electrons. The highest BCUT2D eigenvalue weighted by Gasteiger charge is 2.30. The van der Waals surface area contributed by atoms with Crippen molar-refractivity contribution in [2.45, 2.75) is 33.6 Å². The molecule has 0 amide bonds. The number of aryl methyl sites for hydroxylation is 2. The van der Waals surface area contributed by atoms with Crippen LogP contribution in [0.1, 0.15) is 34.2 Å². The fraction of sp³-hybridized carbons (Fsp3) is 0.261. The maximum atomic E-state index is 12.8. The van der Waals surface area contributed by atoms with Crippen LogP contribution in [-0.4, -0.2) is 28.4 Å². The smallest absolute Gasteiger partial charge is 0.416 e. The topological polar surface area (TPSA) is 81.0 Å². The molecule has 3 aromatic rings. The highest BCUT2D eigenvalue weighted by Crippen LogP contribution is 2.33. The lowest BCUT2D eigenvalue weighted by molar-refractivity contribution is -0.139. The summed E-state index contributed by atoms with van der Waals surface area (Å²) in [6, 6.07) is 10.1. The number of carboxylic acids is 1. The van der Waals surface area contributed by atoms with Gasteiger partial charge in [-0.1, -0.05) is 17.3 Å². The molecule has 0 unspecified atom stereocenters. The van der Waals surface area contributed by atoms with Gasteiger partial charge in [-0.05, 0) is 62.2 Å². The molecule has 0 fully saturated rings. The summed E-state index contributed by atoms with van der Waals surface area (Å²) >= 11 is 1.33. The first-order valence-corrected chi connectivity index (χ1v) is 10.6. The second kappa shape index (κ2) is 10.0. The average Bonchev–Trinajstić information content (AvgIpc) is 3.12.